The smallest absolute Gasteiger partial charge is 0.303 e. The minimum Gasteiger partial charge on any atom is -0.497 e. The number of aryl methyl sites for hydroxylation is 1. The summed E-state index contributed by atoms with van der Waals surface area (Å²) in [6.45, 7) is 0. The highest BCUT2D eigenvalue weighted by atomic mass is 35.5. The molecule has 0 fully saturated rings. The number of ether oxygens (including phenoxy) is 1. The molecule has 0 atom stereocenters. The number of hydrogen-bond acceptors (Lipinski definition) is 5. The van der Waals surface area contributed by atoms with Crippen LogP contribution in [0.4, 0.5) is 0 Å². The first-order valence-corrected chi connectivity index (χ1v) is 10.6. The number of halogens is 2. The van der Waals surface area contributed by atoms with Crippen LogP contribution in [0.5, 0.6) is 5.75 Å². The molecular weight excluding hydrogens is 449 g/mol. The van der Waals surface area contributed by atoms with Gasteiger partial charge in [-0.2, -0.15) is 5.10 Å². The maximum absolute atomic E-state index is 10.9. The molecule has 0 bridgehead atoms. The SMILES string of the molecule is COc1ccc2c(Cc3c(Cl)cncc3Cl)nnc(-c3cccc(CCC(=O)O)c3)c2c1. The molecule has 4 rings (SSSR count). The standard InChI is InChI=1S/C24H19Cl2N3O3/c1-32-16-6-7-17-18(10-16)24(15-4-2-3-14(9-15)5-8-23(30)31)29-28-22(17)11-19-20(25)12-27-13-21(19)26/h2-4,6-7,9-10,12-13H,5,8,11H2,1H3,(H,30,31). The number of fused-ring (bicyclic) bond motifs is 1. The number of rotatable bonds is 7. The van der Waals surface area contributed by atoms with E-state index in [-0.39, 0.29) is 6.42 Å². The van der Waals surface area contributed by atoms with E-state index >= 15 is 0 Å². The molecule has 6 nitrogen and oxygen atoms in total. The third-order valence-electron chi connectivity index (χ3n) is 5.19. The summed E-state index contributed by atoms with van der Waals surface area (Å²) in [6, 6.07) is 13.4. The molecule has 8 heteroatoms. The Balaban J connectivity index is 1.82. The van der Waals surface area contributed by atoms with Gasteiger partial charge in [-0.05, 0) is 41.8 Å². The Morgan fingerprint density at radius 3 is 2.53 bits per heavy atom. The maximum Gasteiger partial charge on any atom is 0.303 e. The first-order chi connectivity index (χ1) is 15.5. The number of nitrogens with zero attached hydrogens (tertiary/aromatic N) is 3. The van der Waals surface area contributed by atoms with Crippen molar-refractivity contribution >= 4 is 39.9 Å². The van der Waals surface area contributed by atoms with Gasteiger partial charge in [0.15, 0.2) is 0 Å². The predicted octanol–water partition coefficient (Wildman–Crippen LogP) is 5.62. The Labute approximate surface area is 194 Å². The van der Waals surface area contributed by atoms with Crippen molar-refractivity contribution in [3.63, 3.8) is 0 Å². The summed E-state index contributed by atoms with van der Waals surface area (Å²) < 4.78 is 5.43. The lowest BCUT2D eigenvalue weighted by Gasteiger charge is -2.13. The summed E-state index contributed by atoms with van der Waals surface area (Å²) in [7, 11) is 1.61. The summed E-state index contributed by atoms with van der Waals surface area (Å²) in [6.07, 6.45) is 4.01. The fourth-order valence-electron chi connectivity index (χ4n) is 3.56. The zero-order valence-corrected chi connectivity index (χ0v) is 18.7. The molecule has 2 aromatic heterocycles. The van der Waals surface area contributed by atoms with Gasteiger partial charge in [0.1, 0.15) is 11.4 Å². The van der Waals surface area contributed by atoms with Crippen LogP contribution in [0.1, 0.15) is 23.2 Å². The van der Waals surface area contributed by atoms with Crippen LogP contribution in [0.2, 0.25) is 10.0 Å². The fraction of sp³-hybridized carbons (Fsp3) is 0.167. The largest absolute Gasteiger partial charge is 0.497 e. The van der Waals surface area contributed by atoms with Crippen LogP contribution < -0.4 is 4.74 Å². The molecule has 0 amide bonds. The normalized spacial score (nSPS) is 11.0. The fourth-order valence-corrected chi connectivity index (χ4v) is 4.06. The minimum atomic E-state index is -0.830. The molecule has 4 aromatic rings. The van der Waals surface area contributed by atoms with Gasteiger partial charge in [-0.3, -0.25) is 9.78 Å². The number of carboxylic acid groups (broad SMARTS) is 1. The number of hydrogen-bond donors (Lipinski definition) is 1. The van der Waals surface area contributed by atoms with Crippen LogP contribution in [0.25, 0.3) is 22.0 Å². The summed E-state index contributed by atoms with van der Waals surface area (Å²) in [5.41, 5.74) is 3.92. The second-order valence-corrected chi connectivity index (χ2v) is 8.07. The number of aliphatic carboxylic acids is 1. The van der Waals surface area contributed by atoms with Gasteiger partial charge in [0.25, 0.3) is 0 Å². The van der Waals surface area contributed by atoms with Crippen molar-refractivity contribution in [2.75, 3.05) is 7.11 Å². The van der Waals surface area contributed by atoms with E-state index in [1.54, 1.807) is 19.5 Å². The summed E-state index contributed by atoms with van der Waals surface area (Å²) in [5, 5.41) is 20.7. The summed E-state index contributed by atoms with van der Waals surface area (Å²) in [4.78, 5) is 15.0. The molecule has 0 saturated heterocycles. The Bertz CT molecular complexity index is 1290. The van der Waals surface area contributed by atoms with E-state index in [9.17, 15) is 4.79 Å². The van der Waals surface area contributed by atoms with Crippen LogP contribution in [-0.2, 0) is 17.6 Å². The lowest BCUT2D eigenvalue weighted by Crippen LogP contribution is -2.02. The number of carbonyl (C=O) groups is 1. The Hall–Kier alpha value is -3.22. The average molecular weight is 468 g/mol. The van der Waals surface area contributed by atoms with E-state index in [1.165, 1.54) is 0 Å². The molecule has 2 aromatic carbocycles. The average Bonchev–Trinajstić information content (AvgIpc) is 2.80. The van der Waals surface area contributed by atoms with Crippen molar-refractivity contribution in [2.24, 2.45) is 0 Å². The number of carboxylic acids is 1. The first kappa shape index (κ1) is 22.0. The number of aromatic nitrogens is 3. The van der Waals surface area contributed by atoms with E-state index in [0.717, 1.165) is 33.2 Å². The van der Waals surface area contributed by atoms with Gasteiger partial charge in [-0.25, -0.2) is 0 Å². The van der Waals surface area contributed by atoms with Gasteiger partial charge in [0.2, 0.25) is 0 Å². The number of methoxy groups -OCH3 is 1. The van der Waals surface area contributed by atoms with Crippen molar-refractivity contribution in [1.29, 1.82) is 0 Å². The lowest BCUT2D eigenvalue weighted by atomic mass is 9.98. The van der Waals surface area contributed by atoms with Crippen LogP contribution in [0, 0.1) is 0 Å². The highest BCUT2D eigenvalue weighted by molar-refractivity contribution is 6.35. The molecule has 0 saturated carbocycles. The topological polar surface area (TPSA) is 85.2 Å². The third-order valence-corrected chi connectivity index (χ3v) is 5.84. The molecular formula is C24H19Cl2N3O3. The Kier molecular flexibility index (Phi) is 6.53. The molecule has 0 unspecified atom stereocenters. The molecule has 0 aliphatic heterocycles. The highest BCUT2D eigenvalue weighted by Crippen LogP contribution is 2.33. The Morgan fingerprint density at radius 2 is 1.81 bits per heavy atom. The van der Waals surface area contributed by atoms with Crippen molar-refractivity contribution in [3.05, 3.63) is 81.7 Å². The van der Waals surface area contributed by atoms with Crippen molar-refractivity contribution in [2.45, 2.75) is 19.3 Å². The molecule has 0 aliphatic rings. The zero-order chi connectivity index (χ0) is 22.7. The summed E-state index contributed by atoms with van der Waals surface area (Å²) in [5.74, 6) is -0.136. The molecule has 1 N–H and O–H groups in total. The predicted molar refractivity (Wildman–Crippen MR) is 125 cm³/mol. The second kappa shape index (κ2) is 9.51. The Morgan fingerprint density at radius 1 is 1.03 bits per heavy atom. The first-order valence-electron chi connectivity index (χ1n) is 9.88. The van der Waals surface area contributed by atoms with Crippen molar-refractivity contribution < 1.29 is 14.6 Å². The molecule has 32 heavy (non-hydrogen) atoms. The maximum atomic E-state index is 10.9. The minimum absolute atomic E-state index is 0.0656. The molecule has 2 heterocycles. The van der Waals surface area contributed by atoms with E-state index in [4.69, 9.17) is 33.0 Å². The van der Waals surface area contributed by atoms with Gasteiger partial charge in [-0.1, -0.05) is 41.4 Å². The van der Waals surface area contributed by atoms with Crippen molar-refractivity contribution in [3.8, 4) is 17.0 Å². The second-order valence-electron chi connectivity index (χ2n) is 7.26. The van der Waals surface area contributed by atoms with Gasteiger partial charge >= 0.3 is 5.97 Å². The van der Waals surface area contributed by atoms with Crippen LogP contribution in [0.15, 0.2) is 54.9 Å². The van der Waals surface area contributed by atoms with Gasteiger partial charge < -0.3 is 9.84 Å². The van der Waals surface area contributed by atoms with Crippen LogP contribution >= 0.6 is 23.2 Å². The van der Waals surface area contributed by atoms with Gasteiger partial charge in [0, 0.05) is 41.6 Å². The van der Waals surface area contributed by atoms with Gasteiger partial charge in [0.05, 0.1) is 22.8 Å². The van der Waals surface area contributed by atoms with Crippen LogP contribution in [0.3, 0.4) is 0 Å². The quantitative estimate of drug-likeness (QED) is 0.379. The van der Waals surface area contributed by atoms with Crippen molar-refractivity contribution in [1.82, 2.24) is 15.2 Å². The molecule has 162 valence electrons. The highest BCUT2D eigenvalue weighted by Gasteiger charge is 2.16. The van der Waals surface area contributed by atoms with E-state index in [0.29, 0.717) is 34.3 Å². The zero-order valence-electron chi connectivity index (χ0n) is 17.2. The number of benzene rings is 2. The lowest BCUT2D eigenvalue weighted by molar-refractivity contribution is -0.136. The van der Waals surface area contributed by atoms with Crippen LogP contribution in [-0.4, -0.2) is 33.4 Å². The molecule has 0 aliphatic carbocycles. The summed E-state index contributed by atoms with van der Waals surface area (Å²) >= 11 is 12.6. The third kappa shape index (κ3) is 4.66. The van der Waals surface area contributed by atoms with E-state index in [1.807, 2.05) is 42.5 Å². The monoisotopic (exact) mass is 467 g/mol. The molecule has 0 spiro atoms. The van der Waals surface area contributed by atoms with E-state index in [2.05, 4.69) is 15.2 Å². The molecule has 0 radical (unpaired) electrons. The van der Waals surface area contributed by atoms with Gasteiger partial charge in [-0.15, -0.1) is 5.10 Å². The number of pyridine rings is 1. The van der Waals surface area contributed by atoms with E-state index < -0.39 is 5.97 Å².